The smallest absolute Gasteiger partial charge is 0.136 e. The molecule has 0 radical (unpaired) electrons. The van der Waals surface area contributed by atoms with Crippen LogP contribution in [0.15, 0.2) is 12.1 Å². The van der Waals surface area contributed by atoms with Crippen LogP contribution in [0.5, 0.6) is 0 Å². The molecule has 4 aliphatic rings. The molecule has 0 amide bonds. The Morgan fingerprint density at radius 1 is 1.19 bits per heavy atom. The SMILES string of the molecule is CC12CCCN1CC(F)C2.CCCc1ccc(N)c(C#N)c1C1CCc2c(nc(CC)nc2N2C(C)CCCC2S)C1. The number of rotatable bonds is 5. The lowest BCUT2D eigenvalue weighted by Gasteiger charge is -2.41. The van der Waals surface area contributed by atoms with E-state index in [2.05, 4.69) is 49.6 Å². The van der Waals surface area contributed by atoms with E-state index >= 15 is 0 Å². The van der Waals surface area contributed by atoms with Gasteiger partial charge < -0.3 is 10.6 Å². The highest BCUT2D eigenvalue weighted by Crippen LogP contribution is 2.42. The summed E-state index contributed by atoms with van der Waals surface area (Å²) >= 11 is 4.92. The molecule has 3 saturated heterocycles. The van der Waals surface area contributed by atoms with Crippen LogP contribution in [-0.4, -0.2) is 51.1 Å². The molecule has 5 unspecified atom stereocenters. The first-order valence-corrected chi connectivity index (χ1v) is 16.8. The molecule has 2 N–H and O–H groups in total. The van der Waals surface area contributed by atoms with Crippen molar-refractivity contribution in [1.82, 2.24) is 14.9 Å². The average molecular weight is 593 g/mol. The molecule has 6 nitrogen and oxygen atoms in total. The van der Waals surface area contributed by atoms with E-state index in [9.17, 15) is 9.65 Å². The zero-order valence-electron chi connectivity index (χ0n) is 26.0. The van der Waals surface area contributed by atoms with Crippen LogP contribution in [0.1, 0.15) is 119 Å². The van der Waals surface area contributed by atoms with Gasteiger partial charge in [-0.25, -0.2) is 14.4 Å². The van der Waals surface area contributed by atoms with Gasteiger partial charge in [-0.2, -0.15) is 17.9 Å². The first kappa shape index (κ1) is 31.1. The first-order chi connectivity index (χ1) is 20.2. The Morgan fingerprint density at radius 3 is 2.69 bits per heavy atom. The second kappa shape index (κ2) is 13.1. The van der Waals surface area contributed by atoms with Gasteiger partial charge in [-0.05, 0) is 108 Å². The highest BCUT2D eigenvalue weighted by molar-refractivity contribution is 7.81. The Bertz CT molecular complexity index is 1300. The molecule has 4 heterocycles. The highest BCUT2D eigenvalue weighted by atomic mass is 32.1. The van der Waals surface area contributed by atoms with Gasteiger partial charge in [-0.1, -0.05) is 26.3 Å². The van der Waals surface area contributed by atoms with E-state index in [1.807, 2.05) is 6.07 Å². The summed E-state index contributed by atoms with van der Waals surface area (Å²) in [4.78, 5) is 14.7. The summed E-state index contributed by atoms with van der Waals surface area (Å²) in [5.74, 6) is 2.26. The Hall–Kier alpha value is -2.37. The molecule has 0 saturated carbocycles. The molecule has 1 aliphatic carbocycles. The van der Waals surface area contributed by atoms with Crippen molar-refractivity contribution in [2.45, 2.75) is 134 Å². The van der Waals surface area contributed by atoms with E-state index in [-0.39, 0.29) is 16.8 Å². The normalized spacial score (nSPS) is 28.9. The Morgan fingerprint density at radius 2 is 2.00 bits per heavy atom. The van der Waals surface area contributed by atoms with E-state index in [0.717, 1.165) is 80.8 Å². The van der Waals surface area contributed by atoms with Gasteiger partial charge in [0, 0.05) is 35.8 Å². The summed E-state index contributed by atoms with van der Waals surface area (Å²) in [7, 11) is 0. The van der Waals surface area contributed by atoms with Crippen molar-refractivity contribution in [1.29, 1.82) is 5.26 Å². The summed E-state index contributed by atoms with van der Waals surface area (Å²) in [6.45, 7) is 10.6. The number of thiol groups is 1. The maximum Gasteiger partial charge on any atom is 0.136 e. The summed E-state index contributed by atoms with van der Waals surface area (Å²) in [6.07, 6.45) is 11.8. The fraction of sp³-hybridized carbons (Fsp3) is 0.676. The predicted molar refractivity (Wildman–Crippen MR) is 173 cm³/mol. The number of aryl methyl sites for hydroxylation is 2. The van der Waals surface area contributed by atoms with Crippen LogP contribution >= 0.6 is 12.6 Å². The minimum Gasteiger partial charge on any atom is -0.398 e. The van der Waals surface area contributed by atoms with Crippen molar-refractivity contribution in [3.63, 3.8) is 0 Å². The Balaban J connectivity index is 0.000000295. The quantitative estimate of drug-likeness (QED) is 0.289. The molecule has 3 aliphatic heterocycles. The van der Waals surface area contributed by atoms with Gasteiger partial charge in [0.2, 0.25) is 0 Å². The van der Waals surface area contributed by atoms with Crippen LogP contribution in [0, 0.1) is 11.3 Å². The van der Waals surface area contributed by atoms with Crippen molar-refractivity contribution in [2.75, 3.05) is 23.7 Å². The second-order valence-electron chi connectivity index (χ2n) is 13.2. The molecule has 5 atom stereocenters. The molecule has 2 aromatic rings. The molecule has 228 valence electrons. The zero-order chi connectivity index (χ0) is 30.0. The van der Waals surface area contributed by atoms with Crippen molar-refractivity contribution in [3.8, 4) is 6.07 Å². The lowest BCUT2D eigenvalue weighted by molar-refractivity contribution is 0.217. The number of hydrogen-bond acceptors (Lipinski definition) is 7. The minimum absolute atomic E-state index is 0.204. The number of nitrogen functional groups attached to an aromatic ring is 1. The Kier molecular flexibility index (Phi) is 9.69. The number of nitrogens with zero attached hydrogens (tertiary/aromatic N) is 5. The van der Waals surface area contributed by atoms with Crippen molar-refractivity contribution >= 4 is 24.1 Å². The molecule has 42 heavy (non-hydrogen) atoms. The van der Waals surface area contributed by atoms with Crippen LogP contribution in [0.2, 0.25) is 0 Å². The summed E-state index contributed by atoms with van der Waals surface area (Å²) in [6, 6.07) is 6.85. The third kappa shape index (κ3) is 6.15. The van der Waals surface area contributed by atoms with Crippen molar-refractivity contribution < 1.29 is 4.39 Å². The molecule has 6 rings (SSSR count). The van der Waals surface area contributed by atoms with Gasteiger partial charge in [0.05, 0.1) is 16.6 Å². The fourth-order valence-electron chi connectivity index (χ4n) is 7.94. The zero-order valence-corrected chi connectivity index (χ0v) is 26.9. The number of fused-ring (bicyclic) bond motifs is 2. The van der Waals surface area contributed by atoms with Crippen LogP contribution in [0.25, 0.3) is 0 Å². The van der Waals surface area contributed by atoms with E-state index < -0.39 is 6.17 Å². The van der Waals surface area contributed by atoms with Crippen LogP contribution in [-0.2, 0) is 25.7 Å². The average Bonchev–Trinajstić information content (AvgIpc) is 3.46. The van der Waals surface area contributed by atoms with Crippen LogP contribution in [0.3, 0.4) is 0 Å². The molecule has 1 aromatic carbocycles. The molecule has 8 heteroatoms. The number of aromatic nitrogens is 2. The Labute approximate surface area is 257 Å². The van der Waals surface area contributed by atoms with Gasteiger partial charge in [0.25, 0.3) is 0 Å². The highest BCUT2D eigenvalue weighted by Gasteiger charge is 2.44. The van der Waals surface area contributed by atoms with Gasteiger partial charge in [-0.15, -0.1) is 0 Å². The standard InChI is InChI=1S/C26H35N5S.C8H14FN/c1-4-7-17-11-13-21(28)20(15-27)25(17)18-10-12-19-22(14-18)29-23(5-2)30-26(19)31-16(3)8-6-9-24(31)32;1-8-3-2-4-10(8)6-7(9)5-8/h11,13,16,18,24,32H,4-10,12,14,28H2,1-3H3;7H,2-6H2,1H3. The summed E-state index contributed by atoms with van der Waals surface area (Å²) in [5, 5.41) is 10.1. The number of piperidine rings is 1. The molecule has 0 spiro atoms. The number of nitrogens with two attached hydrogens (primary N) is 1. The van der Waals surface area contributed by atoms with Crippen molar-refractivity contribution in [2.24, 2.45) is 0 Å². The number of alkyl halides is 1. The molecular formula is C34H49FN6S. The van der Waals surface area contributed by atoms with E-state index in [1.165, 1.54) is 36.8 Å². The fourth-order valence-corrected chi connectivity index (χ4v) is 8.46. The third-order valence-corrected chi connectivity index (χ3v) is 10.6. The van der Waals surface area contributed by atoms with Gasteiger partial charge >= 0.3 is 0 Å². The molecular weight excluding hydrogens is 543 g/mol. The topological polar surface area (TPSA) is 82.1 Å². The maximum absolute atomic E-state index is 12.8. The number of hydrogen-bond donors (Lipinski definition) is 2. The number of anilines is 2. The summed E-state index contributed by atoms with van der Waals surface area (Å²) in [5.41, 5.74) is 12.6. The maximum atomic E-state index is 12.8. The molecule has 1 aromatic heterocycles. The van der Waals surface area contributed by atoms with Gasteiger partial charge in [0.15, 0.2) is 0 Å². The third-order valence-electron chi connectivity index (χ3n) is 10.1. The lowest BCUT2D eigenvalue weighted by Crippen LogP contribution is -2.44. The van der Waals surface area contributed by atoms with E-state index in [1.54, 1.807) is 0 Å². The van der Waals surface area contributed by atoms with Gasteiger partial charge in [0.1, 0.15) is 23.9 Å². The molecule has 0 bridgehead atoms. The minimum atomic E-state index is -0.551. The van der Waals surface area contributed by atoms with Crippen LogP contribution in [0.4, 0.5) is 15.9 Å². The molecule has 3 fully saturated rings. The number of nitriles is 1. The first-order valence-electron chi connectivity index (χ1n) is 16.2. The summed E-state index contributed by atoms with van der Waals surface area (Å²) < 4.78 is 12.8. The van der Waals surface area contributed by atoms with E-state index in [0.29, 0.717) is 23.8 Å². The van der Waals surface area contributed by atoms with Crippen molar-refractivity contribution in [3.05, 3.63) is 45.9 Å². The van der Waals surface area contributed by atoms with Crippen LogP contribution < -0.4 is 10.6 Å². The van der Waals surface area contributed by atoms with E-state index in [4.69, 9.17) is 28.3 Å². The number of halogens is 1. The largest absolute Gasteiger partial charge is 0.398 e. The second-order valence-corrected chi connectivity index (χ2v) is 13.8. The number of benzene rings is 1. The van der Waals surface area contributed by atoms with Gasteiger partial charge in [-0.3, -0.25) is 4.90 Å². The lowest BCUT2D eigenvalue weighted by atomic mass is 9.77. The monoisotopic (exact) mass is 592 g/mol. The predicted octanol–water partition coefficient (Wildman–Crippen LogP) is 6.94.